The van der Waals surface area contributed by atoms with Gasteiger partial charge in [0.1, 0.15) is 22.9 Å². The summed E-state index contributed by atoms with van der Waals surface area (Å²) in [5.74, 6) is -0.0905. The minimum Gasteiger partial charge on any atom is -0.496 e. The van der Waals surface area contributed by atoms with Crippen LogP contribution < -0.4 is 15.0 Å². The van der Waals surface area contributed by atoms with Crippen molar-refractivity contribution in [3.05, 3.63) is 53.5 Å². The van der Waals surface area contributed by atoms with Gasteiger partial charge in [-0.1, -0.05) is 12.1 Å². The van der Waals surface area contributed by atoms with Gasteiger partial charge in [-0.25, -0.2) is 9.37 Å². The Balaban J connectivity index is 2.19. The van der Waals surface area contributed by atoms with Gasteiger partial charge < -0.3 is 15.0 Å². The molecule has 0 saturated heterocycles. The molecule has 0 aliphatic carbocycles. The first-order valence-electron chi connectivity index (χ1n) is 7.91. The van der Waals surface area contributed by atoms with Crippen molar-refractivity contribution in [2.24, 2.45) is 0 Å². The van der Waals surface area contributed by atoms with Crippen molar-refractivity contribution in [2.45, 2.75) is 20.4 Å². The van der Waals surface area contributed by atoms with Gasteiger partial charge >= 0.3 is 0 Å². The van der Waals surface area contributed by atoms with E-state index in [1.165, 1.54) is 19.2 Å². The van der Waals surface area contributed by atoms with E-state index in [9.17, 15) is 9.18 Å². The van der Waals surface area contributed by atoms with Crippen molar-refractivity contribution >= 4 is 11.7 Å². The summed E-state index contributed by atoms with van der Waals surface area (Å²) < 4.78 is 19.0. The Labute approximate surface area is 141 Å². The third-order valence-corrected chi connectivity index (χ3v) is 3.79. The predicted octanol–water partition coefficient (Wildman–Crippen LogP) is 3.01. The third-order valence-electron chi connectivity index (χ3n) is 3.79. The van der Waals surface area contributed by atoms with Crippen molar-refractivity contribution in [1.82, 2.24) is 10.3 Å². The molecule has 1 heterocycles. The van der Waals surface area contributed by atoms with Crippen LogP contribution in [0.15, 0.2) is 36.5 Å². The number of amides is 1. The van der Waals surface area contributed by atoms with Crippen molar-refractivity contribution in [3.63, 3.8) is 0 Å². The summed E-state index contributed by atoms with van der Waals surface area (Å²) in [6.07, 6.45) is 1.72. The SMILES string of the molecule is CCN(CC)c1ncccc1CNC(=O)c1c(F)cccc1OC. The molecule has 1 aromatic heterocycles. The van der Waals surface area contributed by atoms with Crippen molar-refractivity contribution < 1.29 is 13.9 Å². The number of carbonyl (C=O) groups is 1. The standard InChI is InChI=1S/C18H22FN3O2/c1-4-22(5-2)17-13(8-7-11-20-17)12-21-18(23)16-14(19)9-6-10-15(16)24-3/h6-11H,4-5,12H2,1-3H3,(H,21,23). The number of aromatic nitrogens is 1. The summed E-state index contributed by atoms with van der Waals surface area (Å²) in [5, 5.41) is 2.75. The Morgan fingerprint density at radius 1 is 1.25 bits per heavy atom. The highest BCUT2D eigenvalue weighted by atomic mass is 19.1. The Morgan fingerprint density at radius 3 is 2.67 bits per heavy atom. The quantitative estimate of drug-likeness (QED) is 0.847. The number of benzene rings is 1. The van der Waals surface area contributed by atoms with Gasteiger partial charge in [0.2, 0.25) is 0 Å². The fourth-order valence-electron chi connectivity index (χ4n) is 2.53. The van der Waals surface area contributed by atoms with Crippen molar-refractivity contribution in [1.29, 1.82) is 0 Å². The van der Waals surface area contributed by atoms with Crippen LogP contribution in [0, 0.1) is 5.82 Å². The summed E-state index contributed by atoms with van der Waals surface area (Å²) >= 11 is 0. The lowest BCUT2D eigenvalue weighted by Gasteiger charge is -2.22. The topological polar surface area (TPSA) is 54.5 Å². The number of anilines is 1. The second-order valence-corrected chi connectivity index (χ2v) is 5.16. The van der Waals surface area contributed by atoms with E-state index in [1.54, 1.807) is 12.3 Å². The van der Waals surface area contributed by atoms with E-state index in [-0.39, 0.29) is 17.9 Å². The first-order valence-corrected chi connectivity index (χ1v) is 7.91. The Bertz CT molecular complexity index is 702. The molecule has 1 amide bonds. The number of nitrogens with zero attached hydrogens (tertiary/aromatic N) is 2. The molecule has 0 saturated carbocycles. The number of hydrogen-bond acceptors (Lipinski definition) is 4. The number of methoxy groups -OCH3 is 1. The number of hydrogen-bond donors (Lipinski definition) is 1. The molecule has 0 bridgehead atoms. The zero-order chi connectivity index (χ0) is 17.5. The second-order valence-electron chi connectivity index (χ2n) is 5.16. The Hall–Kier alpha value is -2.63. The summed E-state index contributed by atoms with van der Waals surface area (Å²) in [5.41, 5.74) is 0.790. The summed E-state index contributed by atoms with van der Waals surface area (Å²) in [7, 11) is 1.41. The van der Waals surface area contributed by atoms with Gasteiger partial charge in [-0.3, -0.25) is 4.79 Å². The zero-order valence-corrected chi connectivity index (χ0v) is 14.2. The van der Waals surface area contributed by atoms with Gasteiger partial charge in [0.05, 0.1) is 7.11 Å². The molecule has 0 radical (unpaired) electrons. The molecular weight excluding hydrogens is 309 g/mol. The van der Waals surface area contributed by atoms with Crippen LogP contribution in [0.1, 0.15) is 29.8 Å². The molecular formula is C18H22FN3O2. The Morgan fingerprint density at radius 2 is 2.00 bits per heavy atom. The highest BCUT2D eigenvalue weighted by Gasteiger charge is 2.18. The maximum absolute atomic E-state index is 14.0. The van der Waals surface area contributed by atoms with E-state index >= 15 is 0 Å². The molecule has 5 nitrogen and oxygen atoms in total. The predicted molar refractivity (Wildman–Crippen MR) is 91.9 cm³/mol. The number of halogens is 1. The van der Waals surface area contributed by atoms with Crippen LogP contribution in [0.2, 0.25) is 0 Å². The van der Waals surface area contributed by atoms with Crippen LogP contribution in [0.25, 0.3) is 0 Å². The molecule has 0 aliphatic heterocycles. The van der Waals surface area contributed by atoms with E-state index in [0.29, 0.717) is 0 Å². The normalized spacial score (nSPS) is 10.3. The Kier molecular flexibility index (Phi) is 6.12. The number of ether oxygens (including phenoxy) is 1. The molecule has 128 valence electrons. The minimum absolute atomic E-state index is 0.0896. The van der Waals surface area contributed by atoms with Gasteiger partial charge in [0.15, 0.2) is 0 Å². The highest BCUT2D eigenvalue weighted by Crippen LogP contribution is 2.22. The monoisotopic (exact) mass is 331 g/mol. The van der Waals surface area contributed by atoms with Gasteiger partial charge in [0, 0.05) is 31.4 Å². The molecule has 0 unspecified atom stereocenters. The fourth-order valence-corrected chi connectivity index (χ4v) is 2.53. The van der Waals surface area contributed by atoms with Crippen LogP contribution >= 0.6 is 0 Å². The van der Waals surface area contributed by atoms with Gasteiger partial charge in [-0.15, -0.1) is 0 Å². The lowest BCUT2D eigenvalue weighted by atomic mass is 10.1. The second kappa shape index (κ2) is 8.29. The van der Waals surface area contributed by atoms with Crippen LogP contribution in [0.3, 0.4) is 0 Å². The van der Waals surface area contributed by atoms with Crippen LogP contribution in [0.5, 0.6) is 5.75 Å². The first-order chi connectivity index (χ1) is 11.6. The highest BCUT2D eigenvalue weighted by molar-refractivity contribution is 5.97. The average Bonchev–Trinajstić information content (AvgIpc) is 2.61. The maximum Gasteiger partial charge on any atom is 0.258 e. The van der Waals surface area contributed by atoms with E-state index in [2.05, 4.69) is 15.2 Å². The minimum atomic E-state index is -0.609. The molecule has 0 spiro atoms. The van der Waals surface area contributed by atoms with Crippen molar-refractivity contribution in [3.8, 4) is 5.75 Å². The summed E-state index contributed by atoms with van der Waals surface area (Å²) in [4.78, 5) is 18.9. The van der Waals surface area contributed by atoms with Crippen molar-refractivity contribution in [2.75, 3.05) is 25.1 Å². The lowest BCUT2D eigenvalue weighted by molar-refractivity contribution is 0.0943. The molecule has 2 aromatic rings. The third kappa shape index (κ3) is 3.82. The van der Waals surface area contributed by atoms with E-state index in [0.717, 1.165) is 24.5 Å². The lowest BCUT2D eigenvalue weighted by Crippen LogP contribution is -2.28. The van der Waals surface area contributed by atoms with E-state index in [4.69, 9.17) is 4.74 Å². The number of pyridine rings is 1. The van der Waals surface area contributed by atoms with Gasteiger partial charge in [-0.2, -0.15) is 0 Å². The summed E-state index contributed by atoms with van der Waals surface area (Å²) in [6, 6.07) is 8.02. The molecule has 0 atom stereocenters. The molecule has 1 N–H and O–H groups in total. The van der Waals surface area contributed by atoms with Gasteiger partial charge in [0.25, 0.3) is 5.91 Å². The fraction of sp³-hybridized carbons (Fsp3) is 0.333. The smallest absolute Gasteiger partial charge is 0.258 e. The van der Waals surface area contributed by atoms with Crippen LogP contribution in [-0.4, -0.2) is 31.1 Å². The number of rotatable bonds is 7. The number of nitrogens with one attached hydrogen (secondary N) is 1. The zero-order valence-electron chi connectivity index (χ0n) is 14.2. The molecule has 0 fully saturated rings. The van der Waals surface area contributed by atoms with Crippen LogP contribution in [-0.2, 0) is 6.54 Å². The summed E-state index contributed by atoms with van der Waals surface area (Å²) in [6.45, 7) is 5.98. The van der Waals surface area contributed by atoms with Crippen LogP contribution in [0.4, 0.5) is 10.2 Å². The molecule has 1 aromatic carbocycles. The molecule has 24 heavy (non-hydrogen) atoms. The molecule has 6 heteroatoms. The van der Waals surface area contributed by atoms with Gasteiger partial charge in [-0.05, 0) is 32.0 Å². The maximum atomic E-state index is 14.0. The molecule has 0 aliphatic rings. The molecule has 2 rings (SSSR count). The largest absolute Gasteiger partial charge is 0.496 e. The number of carbonyl (C=O) groups excluding carboxylic acids is 1. The first kappa shape index (κ1) is 17.7. The van der Waals surface area contributed by atoms with E-state index < -0.39 is 11.7 Å². The average molecular weight is 331 g/mol. The van der Waals surface area contributed by atoms with E-state index in [1.807, 2.05) is 26.0 Å².